The largest absolute Gasteiger partial charge is 0.423 e. The zero-order valence-corrected chi connectivity index (χ0v) is 9.96. The van der Waals surface area contributed by atoms with Crippen LogP contribution in [0.5, 0.6) is 0 Å². The van der Waals surface area contributed by atoms with Crippen LogP contribution < -0.4 is 5.63 Å². The zero-order valence-electron chi connectivity index (χ0n) is 9.96. The van der Waals surface area contributed by atoms with Gasteiger partial charge in [0.2, 0.25) is 0 Å². The first-order chi connectivity index (χ1) is 7.61. The van der Waals surface area contributed by atoms with Crippen molar-refractivity contribution in [3.63, 3.8) is 0 Å². The second kappa shape index (κ2) is 4.12. The van der Waals surface area contributed by atoms with E-state index in [0.29, 0.717) is 5.58 Å². The molecule has 0 bridgehead atoms. The monoisotopic (exact) mass is 216 g/mol. The van der Waals surface area contributed by atoms with Crippen LogP contribution in [0.4, 0.5) is 0 Å². The van der Waals surface area contributed by atoms with E-state index in [1.807, 2.05) is 13.0 Å². The molecule has 0 saturated carbocycles. The number of aryl methyl sites for hydroxylation is 3. The van der Waals surface area contributed by atoms with Gasteiger partial charge in [0.15, 0.2) is 0 Å². The summed E-state index contributed by atoms with van der Waals surface area (Å²) in [5, 5.41) is 1.07. The van der Waals surface area contributed by atoms with Gasteiger partial charge >= 0.3 is 5.63 Å². The Kier molecular flexibility index (Phi) is 2.82. The van der Waals surface area contributed by atoms with Gasteiger partial charge in [-0.1, -0.05) is 13.3 Å². The summed E-state index contributed by atoms with van der Waals surface area (Å²) in [7, 11) is 0. The fourth-order valence-electron chi connectivity index (χ4n) is 1.96. The molecular weight excluding hydrogens is 200 g/mol. The standard InChI is InChI=1S/C14H16O2/c1-4-5-11-8-14(15)16-13-7-10(3)9(2)6-12(11)13/h6-8H,4-5H2,1-3H3. The number of rotatable bonds is 2. The maximum absolute atomic E-state index is 11.4. The van der Waals surface area contributed by atoms with Crippen LogP contribution >= 0.6 is 0 Å². The van der Waals surface area contributed by atoms with Crippen molar-refractivity contribution in [3.8, 4) is 0 Å². The van der Waals surface area contributed by atoms with Gasteiger partial charge in [-0.2, -0.15) is 0 Å². The van der Waals surface area contributed by atoms with E-state index in [9.17, 15) is 4.79 Å². The quantitative estimate of drug-likeness (QED) is 0.720. The van der Waals surface area contributed by atoms with Gasteiger partial charge < -0.3 is 4.42 Å². The summed E-state index contributed by atoms with van der Waals surface area (Å²) in [6.45, 7) is 6.22. The molecule has 0 atom stereocenters. The van der Waals surface area contributed by atoms with Crippen molar-refractivity contribution in [2.24, 2.45) is 0 Å². The molecule has 0 saturated heterocycles. The molecule has 16 heavy (non-hydrogen) atoms. The Morgan fingerprint density at radius 2 is 1.81 bits per heavy atom. The Balaban J connectivity index is 2.79. The van der Waals surface area contributed by atoms with E-state index >= 15 is 0 Å². The van der Waals surface area contributed by atoms with Crippen molar-refractivity contribution in [2.45, 2.75) is 33.6 Å². The third-order valence-electron chi connectivity index (χ3n) is 2.96. The Hall–Kier alpha value is -1.57. The third-order valence-corrected chi connectivity index (χ3v) is 2.96. The van der Waals surface area contributed by atoms with Crippen LogP contribution in [-0.2, 0) is 6.42 Å². The highest BCUT2D eigenvalue weighted by atomic mass is 16.4. The van der Waals surface area contributed by atoms with Crippen LogP contribution in [0.15, 0.2) is 27.4 Å². The molecule has 2 aromatic rings. The number of hydrogen-bond donors (Lipinski definition) is 0. The van der Waals surface area contributed by atoms with Crippen molar-refractivity contribution >= 4 is 11.0 Å². The third kappa shape index (κ3) is 1.87. The first kappa shape index (κ1) is 10.9. The molecule has 0 aliphatic rings. The Morgan fingerprint density at radius 1 is 1.12 bits per heavy atom. The van der Waals surface area contributed by atoms with Gasteiger partial charge in [-0.3, -0.25) is 0 Å². The van der Waals surface area contributed by atoms with E-state index in [1.54, 1.807) is 6.07 Å². The minimum absolute atomic E-state index is 0.251. The van der Waals surface area contributed by atoms with Crippen molar-refractivity contribution in [1.29, 1.82) is 0 Å². The fourth-order valence-corrected chi connectivity index (χ4v) is 1.96. The minimum Gasteiger partial charge on any atom is -0.423 e. The molecule has 84 valence electrons. The molecule has 2 nitrogen and oxygen atoms in total. The summed E-state index contributed by atoms with van der Waals surface area (Å²) >= 11 is 0. The van der Waals surface area contributed by atoms with Crippen molar-refractivity contribution in [1.82, 2.24) is 0 Å². The summed E-state index contributed by atoms with van der Waals surface area (Å²) in [5.74, 6) is 0. The maximum atomic E-state index is 11.4. The fraction of sp³-hybridized carbons (Fsp3) is 0.357. The van der Waals surface area contributed by atoms with Gasteiger partial charge in [0.05, 0.1) is 0 Å². The molecule has 0 amide bonds. The summed E-state index contributed by atoms with van der Waals surface area (Å²) in [5.41, 5.74) is 3.94. The highest BCUT2D eigenvalue weighted by Crippen LogP contribution is 2.22. The molecule has 1 aromatic heterocycles. The normalized spacial score (nSPS) is 10.9. The van der Waals surface area contributed by atoms with E-state index in [0.717, 1.165) is 29.4 Å². The van der Waals surface area contributed by atoms with Gasteiger partial charge in [0, 0.05) is 11.5 Å². The summed E-state index contributed by atoms with van der Waals surface area (Å²) in [6, 6.07) is 5.67. The average Bonchev–Trinajstić information content (AvgIpc) is 2.21. The van der Waals surface area contributed by atoms with Crippen LogP contribution in [0, 0.1) is 13.8 Å². The predicted molar refractivity (Wildman–Crippen MR) is 66.0 cm³/mol. The van der Waals surface area contributed by atoms with Crippen molar-refractivity contribution in [2.75, 3.05) is 0 Å². The lowest BCUT2D eigenvalue weighted by molar-refractivity contribution is 0.558. The van der Waals surface area contributed by atoms with Crippen LogP contribution in [0.3, 0.4) is 0 Å². The Bertz CT molecular complexity index is 579. The summed E-state index contributed by atoms with van der Waals surface area (Å²) in [4.78, 5) is 11.4. The van der Waals surface area contributed by atoms with E-state index < -0.39 is 0 Å². The maximum Gasteiger partial charge on any atom is 0.336 e. The molecule has 2 rings (SSSR count). The van der Waals surface area contributed by atoms with Gasteiger partial charge in [-0.05, 0) is 49.1 Å². The lowest BCUT2D eigenvalue weighted by Gasteiger charge is -2.07. The minimum atomic E-state index is -0.251. The first-order valence-electron chi connectivity index (χ1n) is 5.66. The molecule has 1 aromatic carbocycles. The molecule has 0 unspecified atom stereocenters. The predicted octanol–water partition coefficient (Wildman–Crippen LogP) is 3.36. The van der Waals surface area contributed by atoms with Gasteiger partial charge in [-0.15, -0.1) is 0 Å². The molecule has 0 radical (unpaired) electrons. The number of benzene rings is 1. The zero-order chi connectivity index (χ0) is 11.7. The lowest BCUT2D eigenvalue weighted by atomic mass is 10.0. The van der Waals surface area contributed by atoms with Crippen LogP contribution in [-0.4, -0.2) is 0 Å². The molecule has 0 fully saturated rings. The second-order valence-corrected chi connectivity index (χ2v) is 4.27. The SMILES string of the molecule is CCCc1cc(=O)oc2cc(C)c(C)cc12. The number of fused-ring (bicyclic) bond motifs is 1. The average molecular weight is 216 g/mol. The van der Waals surface area contributed by atoms with E-state index in [4.69, 9.17) is 4.42 Å². The lowest BCUT2D eigenvalue weighted by Crippen LogP contribution is -2.01. The Labute approximate surface area is 94.9 Å². The van der Waals surface area contributed by atoms with E-state index in [2.05, 4.69) is 19.9 Å². The summed E-state index contributed by atoms with van der Waals surface area (Å²) in [6.07, 6.45) is 1.95. The van der Waals surface area contributed by atoms with E-state index in [1.165, 1.54) is 5.56 Å². The van der Waals surface area contributed by atoms with Crippen molar-refractivity contribution < 1.29 is 4.42 Å². The number of hydrogen-bond acceptors (Lipinski definition) is 2. The van der Waals surface area contributed by atoms with Crippen LogP contribution in [0.1, 0.15) is 30.0 Å². The molecule has 0 N–H and O–H groups in total. The second-order valence-electron chi connectivity index (χ2n) is 4.27. The topological polar surface area (TPSA) is 30.2 Å². The first-order valence-corrected chi connectivity index (χ1v) is 5.66. The molecule has 0 spiro atoms. The van der Waals surface area contributed by atoms with Gasteiger partial charge in [0.25, 0.3) is 0 Å². The highest BCUT2D eigenvalue weighted by Gasteiger charge is 2.06. The Morgan fingerprint density at radius 3 is 2.50 bits per heavy atom. The van der Waals surface area contributed by atoms with Gasteiger partial charge in [0.1, 0.15) is 5.58 Å². The van der Waals surface area contributed by atoms with Crippen LogP contribution in [0.2, 0.25) is 0 Å². The van der Waals surface area contributed by atoms with Crippen LogP contribution in [0.25, 0.3) is 11.0 Å². The van der Waals surface area contributed by atoms with E-state index in [-0.39, 0.29) is 5.63 Å². The molecule has 0 aliphatic carbocycles. The molecule has 0 aliphatic heterocycles. The smallest absolute Gasteiger partial charge is 0.336 e. The molecular formula is C14H16O2. The summed E-state index contributed by atoms with van der Waals surface area (Å²) < 4.78 is 5.23. The molecule has 1 heterocycles. The molecule has 2 heteroatoms. The highest BCUT2D eigenvalue weighted by molar-refractivity contribution is 5.81. The van der Waals surface area contributed by atoms with Gasteiger partial charge in [-0.25, -0.2) is 4.79 Å². The van der Waals surface area contributed by atoms with Crippen molar-refractivity contribution in [3.05, 3.63) is 45.3 Å².